The average molecular weight is 266 g/mol. The summed E-state index contributed by atoms with van der Waals surface area (Å²) in [5, 5.41) is 9.88. The minimum Gasteiger partial charge on any atom is -0.333 e. The van der Waals surface area contributed by atoms with Crippen LogP contribution in [0.1, 0.15) is 11.1 Å². The smallest absolute Gasteiger partial charge is 0.166 e. The quantitative estimate of drug-likeness (QED) is 0.740. The highest BCUT2D eigenvalue weighted by Gasteiger charge is 2.05. The van der Waals surface area contributed by atoms with Crippen molar-refractivity contribution >= 4 is 22.8 Å². The Labute approximate surface area is 114 Å². The number of thioether (sulfide) groups is 1. The van der Waals surface area contributed by atoms with Crippen LogP contribution in [0.5, 0.6) is 0 Å². The molecule has 4 nitrogen and oxygen atoms in total. The van der Waals surface area contributed by atoms with Crippen molar-refractivity contribution in [2.45, 2.75) is 10.9 Å². The molecule has 0 spiro atoms. The van der Waals surface area contributed by atoms with Gasteiger partial charge in [0.2, 0.25) is 0 Å². The van der Waals surface area contributed by atoms with Crippen LogP contribution in [0.2, 0.25) is 0 Å². The Morgan fingerprint density at radius 3 is 3.00 bits per heavy atom. The number of rotatable bonds is 3. The molecule has 5 heteroatoms. The minimum absolute atomic E-state index is 0.716. The first-order chi connectivity index (χ1) is 9.36. The van der Waals surface area contributed by atoms with Gasteiger partial charge in [-0.3, -0.25) is 4.98 Å². The van der Waals surface area contributed by atoms with Crippen LogP contribution in [0.3, 0.4) is 0 Å². The summed E-state index contributed by atoms with van der Waals surface area (Å²) in [6.07, 6.45) is 3.47. The molecule has 0 aliphatic carbocycles. The highest BCUT2D eigenvalue weighted by Crippen LogP contribution is 2.23. The molecule has 1 N–H and O–H groups in total. The summed E-state index contributed by atoms with van der Waals surface area (Å²) >= 11 is 1.58. The third-order valence-corrected chi connectivity index (χ3v) is 3.69. The first kappa shape index (κ1) is 11.8. The largest absolute Gasteiger partial charge is 0.333 e. The fourth-order valence-electron chi connectivity index (χ4n) is 1.80. The highest BCUT2D eigenvalue weighted by molar-refractivity contribution is 7.98. The van der Waals surface area contributed by atoms with E-state index in [0.717, 1.165) is 27.5 Å². The molecular weight excluding hydrogens is 256 g/mol. The number of nitrogens with one attached hydrogen (secondary N) is 1. The van der Waals surface area contributed by atoms with Crippen LogP contribution in [0.4, 0.5) is 0 Å². The van der Waals surface area contributed by atoms with E-state index in [2.05, 4.69) is 21.0 Å². The molecule has 2 aromatic heterocycles. The molecule has 1 aromatic carbocycles. The number of nitrogens with zero attached hydrogens (tertiary/aromatic N) is 3. The maximum absolute atomic E-state index is 9.04. The van der Waals surface area contributed by atoms with Gasteiger partial charge in [0.25, 0.3) is 0 Å². The summed E-state index contributed by atoms with van der Waals surface area (Å²) in [6, 6.07) is 11.7. The lowest BCUT2D eigenvalue weighted by Gasteiger charge is -2.01. The second-order valence-electron chi connectivity index (χ2n) is 3.99. The molecule has 0 bridgehead atoms. The normalized spacial score (nSPS) is 10.5. The lowest BCUT2D eigenvalue weighted by Crippen LogP contribution is -1.87. The zero-order valence-electron chi connectivity index (χ0n) is 10.00. The summed E-state index contributed by atoms with van der Waals surface area (Å²) in [6.45, 7) is 0. The van der Waals surface area contributed by atoms with Crippen molar-refractivity contribution in [1.29, 1.82) is 5.26 Å². The van der Waals surface area contributed by atoms with Crippen LogP contribution in [0.15, 0.2) is 47.9 Å². The van der Waals surface area contributed by atoms with E-state index >= 15 is 0 Å². The molecule has 0 aliphatic rings. The van der Waals surface area contributed by atoms with E-state index in [9.17, 15) is 0 Å². The van der Waals surface area contributed by atoms with Gasteiger partial charge in [0.15, 0.2) is 5.16 Å². The molecule has 3 aromatic rings. The van der Waals surface area contributed by atoms with Gasteiger partial charge in [-0.2, -0.15) is 5.26 Å². The Bertz CT molecular complexity index is 724. The number of aromatic amines is 1. The molecule has 0 saturated carbocycles. The molecule has 2 heterocycles. The fourth-order valence-corrected chi connectivity index (χ4v) is 2.69. The molecule has 0 aliphatic heterocycles. The maximum Gasteiger partial charge on any atom is 0.166 e. The number of nitriles is 1. The molecule has 0 radical (unpaired) electrons. The summed E-state index contributed by atoms with van der Waals surface area (Å²) in [5.74, 6) is 0.719. The van der Waals surface area contributed by atoms with Crippen LogP contribution in [-0.4, -0.2) is 15.0 Å². The lowest BCUT2D eigenvalue weighted by molar-refractivity contribution is 1.08. The van der Waals surface area contributed by atoms with Gasteiger partial charge in [0.1, 0.15) is 5.52 Å². The number of H-pyrrole nitrogens is 1. The molecule has 19 heavy (non-hydrogen) atoms. The Morgan fingerprint density at radius 1 is 1.26 bits per heavy atom. The second-order valence-corrected chi connectivity index (χ2v) is 4.96. The van der Waals surface area contributed by atoms with E-state index in [-0.39, 0.29) is 0 Å². The lowest BCUT2D eigenvalue weighted by atomic mass is 10.1. The summed E-state index contributed by atoms with van der Waals surface area (Å²) in [4.78, 5) is 11.7. The minimum atomic E-state index is 0.716. The van der Waals surface area contributed by atoms with Crippen LogP contribution in [0.25, 0.3) is 11.0 Å². The number of imidazole rings is 1. The zero-order valence-corrected chi connectivity index (χ0v) is 10.8. The molecule has 92 valence electrons. The summed E-state index contributed by atoms with van der Waals surface area (Å²) < 4.78 is 0. The van der Waals surface area contributed by atoms with Crippen molar-refractivity contribution in [3.8, 4) is 6.07 Å². The van der Waals surface area contributed by atoms with Crippen LogP contribution >= 0.6 is 11.8 Å². The van der Waals surface area contributed by atoms with E-state index in [1.54, 1.807) is 24.2 Å². The van der Waals surface area contributed by atoms with Gasteiger partial charge in [-0.25, -0.2) is 4.98 Å². The first-order valence-electron chi connectivity index (χ1n) is 5.77. The Balaban J connectivity index is 1.81. The number of hydrogen-bond acceptors (Lipinski definition) is 4. The van der Waals surface area contributed by atoms with Crippen molar-refractivity contribution in [3.05, 3.63) is 53.9 Å². The number of pyridine rings is 1. The number of aromatic nitrogens is 3. The Kier molecular flexibility index (Phi) is 3.17. The van der Waals surface area contributed by atoms with Gasteiger partial charge in [0, 0.05) is 11.9 Å². The molecule has 0 fully saturated rings. The van der Waals surface area contributed by atoms with Crippen molar-refractivity contribution in [2.24, 2.45) is 0 Å². The van der Waals surface area contributed by atoms with Crippen LogP contribution in [0, 0.1) is 11.3 Å². The number of fused-ring (bicyclic) bond motifs is 1. The monoisotopic (exact) mass is 266 g/mol. The Morgan fingerprint density at radius 2 is 2.16 bits per heavy atom. The summed E-state index contributed by atoms with van der Waals surface area (Å²) in [7, 11) is 0. The van der Waals surface area contributed by atoms with Crippen molar-refractivity contribution in [2.75, 3.05) is 0 Å². The van der Waals surface area contributed by atoms with Crippen LogP contribution < -0.4 is 0 Å². The topological polar surface area (TPSA) is 65.4 Å². The molecule has 0 saturated heterocycles. The summed E-state index contributed by atoms with van der Waals surface area (Å²) in [5.41, 5.74) is 3.57. The van der Waals surface area contributed by atoms with E-state index in [0.29, 0.717) is 5.56 Å². The van der Waals surface area contributed by atoms with Gasteiger partial charge in [0.05, 0.1) is 23.3 Å². The van der Waals surface area contributed by atoms with E-state index in [1.165, 1.54) is 0 Å². The average Bonchev–Trinajstić information content (AvgIpc) is 2.88. The van der Waals surface area contributed by atoms with Crippen LogP contribution in [-0.2, 0) is 5.75 Å². The molecular formula is C14H10N4S. The van der Waals surface area contributed by atoms with E-state index in [1.807, 2.05) is 30.3 Å². The van der Waals surface area contributed by atoms with Gasteiger partial charge >= 0.3 is 0 Å². The van der Waals surface area contributed by atoms with Crippen molar-refractivity contribution in [1.82, 2.24) is 15.0 Å². The van der Waals surface area contributed by atoms with E-state index < -0.39 is 0 Å². The second kappa shape index (κ2) is 5.12. The van der Waals surface area contributed by atoms with Gasteiger partial charge < -0.3 is 4.98 Å². The molecule has 0 amide bonds. The van der Waals surface area contributed by atoms with Crippen molar-refractivity contribution in [3.63, 3.8) is 0 Å². The predicted octanol–water partition coefficient (Wildman–Crippen LogP) is 3.12. The van der Waals surface area contributed by atoms with Gasteiger partial charge in [-0.15, -0.1) is 0 Å². The fraction of sp³-hybridized carbons (Fsp3) is 0.0714. The standard InChI is InChI=1S/C14H10N4S/c15-7-10-3-1-2-4-11(10)9-19-14-17-12-5-6-16-8-13(12)18-14/h1-6,8H,9H2,(H,17,18). The maximum atomic E-state index is 9.04. The molecule has 0 atom stereocenters. The predicted molar refractivity (Wildman–Crippen MR) is 74.6 cm³/mol. The van der Waals surface area contributed by atoms with Gasteiger partial charge in [-0.05, 0) is 17.7 Å². The zero-order chi connectivity index (χ0) is 13.1. The third-order valence-electron chi connectivity index (χ3n) is 2.77. The third kappa shape index (κ3) is 2.44. The number of benzene rings is 1. The van der Waals surface area contributed by atoms with E-state index in [4.69, 9.17) is 5.26 Å². The molecule has 0 unspecified atom stereocenters. The number of hydrogen-bond donors (Lipinski definition) is 1. The Hall–Kier alpha value is -2.32. The van der Waals surface area contributed by atoms with Gasteiger partial charge in [-0.1, -0.05) is 30.0 Å². The highest BCUT2D eigenvalue weighted by atomic mass is 32.2. The molecule has 3 rings (SSSR count). The SMILES string of the molecule is N#Cc1ccccc1CSc1nc2cnccc2[nH]1. The van der Waals surface area contributed by atoms with Crippen molar-refractivity contribution < 1.29 is 0 Å². The first-order valence-corrected chi connectivity index (χ1v) is 6.76.